The highest BCUT2D eigenvalue weighted by Crippen LogP contribution is 2.27. The number of methoxy groups -OCH3 is 1. The number of nitrogens with one attached hydrogen (secondary N) is 1. The number of benzene rings is 1. The number of ether oxygens (including phenoxy) is 2. The lowest BCUT2D eigenvalue weighted by Crippen LogP contribution is -2.17. The van der Waals surface area contributed by atoms with Crippen LogP contribution in [0.3, 0.4) is 0 Å². The molecule has 0 atom stereocenters. The number of aromatic nitrogens is 1. The molecule has 0 unspecified atom stereocenters. The Bertz CT molecular complexity index is 575. The first-order valence-corrected chi connectivity index (χ1v) is 5.79. The summed E-state index contributed by atoms with van der Waals surface area (Å²) in [5.41, 5.74) is 0.439. The third-order valence-corrected chi connectivity index (χ3v) is 2.49. The second-order valence-corrected chi connectivity index (χ2v) is 3.98. The van der Waals surface area contributed by atoms with Crippen LogP contribution in [-0.2, 0) is 0 Å². The highest BCUT2D eigenvalue weighted by Gasteiger charge is 2.09. The molecule has 0 saturated heterocycles. The SMILES string of the molecule is COc1ccc(Cl)cc1NC(=O)Oc1ccncc1. The van der Waals surface area contributed by atoms with Gasteiger partial charge in [-0.05, 0) is 30.3 Å². The van der Waals surface area contributed by atoms with Gasteiger partial charge < -0.3 is 9.47 Å². The van der Waals surface area contributed by atoms with Crippen LogP contribution in [-0.4, -0.2) is 18.2 Å². The van der Waals surface area contributed by atoms with Crippen LogP contribution in [0.15, 0.2) is 42.7 Å². The number of amides is 1. The van der Waals surface area contributed by atoms with Crippen LogP contribution in [0.4, 0.5) is 10.5 Å². The van der Waals surface area contributed by atoms with Crippen molar-refractivity contribution < 1.29 is 14.3 Å². The minimum atomic E-state index is -0.633. The maximum absolute atomic E-state index is 11.7. The number of pyridine rings is 1. The maximum Gasteiger partial charge on any atom is 0.417 e. The Morgan fingerprint density at radius 3 is 2.68 bits per heavy atom. The standard InChI is InChI=1S/C13H11ClN2O3/c1-18-12-3-2-9(14)8-11(12)16-13(17)19-10-4-6-15-7-5-10/h2-8H,1H3,(H,16,17). The zero-order valence-electron chi connectivity index (χ0n) is 10.1. The molecule has 0 bridgehead atoms. The summed E-state index contributed by atoms with van der Waals surface area (Å²) in [5, 5.41) is 3.05. The van der Waals surface area contributed by atoms with E-state index < -0.39 is 6.09 Å². The summed E-state index contributed by atoms with van der Waals surface area (Å²) in [6, 6.07) is 8.06. The van der Waals surface area contributed by atoms with Crippen LogP contribution >= 0.6 is 11.6 Å². The predicted octanol–water partition coefficient (Wildman–Crippen LogP) is 3.35. The van der Waals surface area contributed by atoms with Gasteiger partial charge in [-0.1, -0.05) is 11.6 Å². The lowest BCUT2D eigenvalue weighted by molar-refractivity contribution is 0.215. The van der Waals surface area contributed by atoms with Crippen molar-refractivity contribution in [3.63, 3.8) is 0 Å². The van der Waals surface area contributed by atoms with Crippen LogP contribution in [0.25, 0.3) is 0 Å². The van der Waals surface area contributed by atoms with E-state index in [0.29, 0.717) is 22.2 Å². The Morgan fingerprint density at radius 1 is 1.26 bits per heavy atom. The molecule has 6 heteroatoms. The van der Waals surface area contributed by atoms with Crippen LogP contribution in [0.5, 0.6) is 11.5 Å². The highest BCUT2D eigenvalue weighted by molar-refractivity contribution is 6.31. The van der Waals surface area contributed by atoms with Crippen molar-refractivity contribution in [1.82, 2.24) is 4.98 Å². The fraction of sp³-hybridized carbons (Fsp3) is 0.0769. The summed E-state index contributed by atoms with van der Waals surface area (Å²) in [6.45, 7) is 0. The molecule has 0 radical (unpaired) electrons. The van der Waals surface area contributed by atoms with E-state index in [2.05, 4.69) is 10.3 Å². The lowest BCUT2D eigenvalue weighted by atomic mass is 10.3. The molecular formula is C13H11ClN2O3. The lowest BCUT2D eigenvalue weighted by Gasteiger charge is -2.10. The number of anilines is 1. The second-order valence-electron chi connectivity index (χ2n) is 3.54. The van der Waals surface area contributed by atoms with E-state index in [0.717, 1.165) is 0 Å². The Balaban J connectivity index is 2.09. The molecule has 2 rings (SSSR count). The van der Waals surface area contributed by atoms with E-state index in [4.69, 9.17) is 21.1 Å². The Morgan fingerprint density at radius 2 is 2.00 bits per heavy atom. The summed E-state index contributed by atoms with van der Waals surface area (Å²) < 4.78 is 10.2. The predicted molar refractivity (Wildman–Crippen MR) is 71.9 cm³/mol. The molecule has 1 aromatic carbocycles. The molecule has 2 aromatic rings. The molecule has 98 valence electrons. The van der Waals surface area contributed by atoms with Gasteiger partial charge in [-0.25, -0.2) is 4.79 Å². The molecule has 19 heavy (non-hydrogen) atoms. The van der Waals surface area contributed by atoms with E-state index >= 15 is 0 Å². The monoisotopic (exact) mass is 278 g/mol. The van der Waals surface area contributed by atoms with Crippen molar-refractivity contribution in [3.05, 3.63) is 47.7 Å². The molecule has 0 saturated carbocycles. The number of hydrogen-bond donors (Lipinski definition) is 1. The van der Waals surface area contributed by atoms with Gasteiger partial charge in [0.05, 0.1) is 12.8 Å². The van der Waals surface area contributed by atoms with Crippen LogP contribution in [0, 0.1) is 0 Å². The average Bonchev–Trinajstić information content (AvgIpc) is 2.40. The largest absolute Gasteiger partial charge is 0.495 e. The van der Waals surface area contributed by atoms with Gasteiger partial charge >= 0.3 is 6.09 Å². The zero-order chi connectivity index (χ0) is 13.7. The van der Waals surface area contributed by atoms with Crippen molar-refractivity contribution in [1.29, 1.82) is 0 Å². The first kappa shape index (κ1) is 13.2. The number of hydrogen-bond acceptors (Lipinski definition) is 4. The summed E-state index contributed by atoms with van der Waals surface area (Å²) in [4.78, 5) is 15.5. The molecule has 1 heterocycles. The molecule has 0 aliphatic rings. The smallest absolute Gasteiger partial charge is 0.417 e. The van der Waals surface area contributed by atoms with E-state index in [1.807, 2.05) is 0 Å². The van der Waals surface area contributed by atoms with E-state index in [9.17, 15) is 4.79 Å². The maximum atomic E-state index is 11.7. The molecule has 5 nitrogen and oxygen atoms in total. The first-order chi connectivity index (χ1) is 9.19. The molecule has 0 fully saturated rings. The van der Waals surface area contributed by atoms with Gasteiger partial charge in [-0.15, -0.1) is 0 Å². The molecule has 1 N–H and O–H groups in total. The van der Waals surface area contributed by atoms with Gasteiger partial charge in [0.15, 0.2) is 0 Å². The molecule has 0 aliphatic carbocycles. The molecular weight excluding hydrogens is 268 g/mol. The van der Waals surface area contributed by atoms with Crippen molar-refractivity contribution in [2.75, 3.05) is 12.4 Å². The van der Waals surface area contributed by atoms with E-state index in [-0.39, 0.29) is 0 Å². The van der Waals surface area contributed by atoms with Crippen molar-refractivity contribution in [3.8, 4) is 11.5 Å². The molecule has 1 aromatic heterocycles. The minimum Gasteiger partial charge on any atom is -0.495 e. The topological polar surface area (TPSA) is 60.5 Å². The third-order valence-electron chi connectivity index (χ3n) is 2.26. The number of carbonyl (C=O) groups excluding carboxylic acids is 1. The third kappa shape index (κ3) is 3.59. The van der Waals surface area contributed by atoms with E-state index in [1.165, 1.54) is 19.5 Å². The summed E-state index contributed by atoms with van der Waals surface area (Å²) >= 11 is 5.86. The first-order valence-electron chi connectivity index (χ1n) is 5.41. The van der Waals surface area contributed by atoms with Gasteiger partial charge in [0.2, 0.25) is 0 Å². The number of nitrogens with zero attached hydrogens (tertiary/aromatic N) is 1. The average molecular weight is 279 g/mol. The summed E-state index contributed by atoms with van der Waals surface area (Å²) in [6.07, 6.45) is 2.43. The molecule has 1 amide bonds. The zero-order valence-corrected chi connectivity index (χ0v) is 10.8. The van der Waals surface area contributed by atoms with Crippen molar-refractivity contribution in [2.45, 2.75) is 0 Å². The number of carbonyl (C=O) groups is 1. The van der Waals surface area contributed by atoms with Crippen molar-refractivity contribution >= 4 is 23.4 Å². The summed E-state index contributed by atoms with van der Waals surface area (Å²) in [5.74, 6) is 0.893. The number of halogens is 1. The Labute approximate surface area is 115 Å². The quantitative estimate of drug-likeness (QED) is 0.935. The summed E-state index contributed by atoms with van der Waals surface area (Å²) in [7, 11) is 1.50. The van der Waals surface area contributed by atoms with Gasteiger partial charge in [0.1, 0.15) is 11.5 Å². The van der Waals surface area contributed by atoms with Crippen LogP contribution < -0.4 is 14.8 Å². The normalized spacial score (nSPS) is 9.79. The van der Waals surface area contributed by atoms with Crippen LogP contribution in [0.2, 0.25) is 5.02 Å². The molecule has 0 aliphatic heterocycles. The highest BCUT2D eigenvalue weighted by atomic mass is 35.5. The van der Waals surface area contributed by atoms with Crippen LogP contribution in [0.1, 0.15) is 0 Å². The van der Waals surface area contributed by atoms with Gasteiger partial charge in [-0.2, -0.15) is 0 Å². The fourth-order valence-electron chi connectivity index (χ4n) is 1.43. The molecule has 0 spiro atoms. The minimum absolute atomic E-state index is 0.397. The fourth-order valence-corrected chi connectivity index (χ4v) is 1.60. The van der Waals surface area contributed by atoms with Gasteiger partial charge in [0.25, 0.3) is 0 Å². The van der Waals surface area contributed by atoms with E-state index in [1.54, 1.807) is 30.3 Å². The van der Waals surface area contributed by atoms with Crippen molar-refractivity contribution in [2.24, 2.45) is 0 Å². The second kappa shape index (κ2) is 6.06. The van der Waals surface area contributed by atoms with Gasteiger partial charge in [-0.3, -0.25) is 10.3 Å². The number of rotatable bonds is 3. The Kier molecular flexibility index (Phi) is 4.20. The Hall–Kier alpha value is -2.27. The van der Waals surface area contributed by atoms with Gasteiger partial charge in [0, 0.05) is 17.4 Å².